The highest BCUT2D eigenvalue weighted by Gasteiger charge is 2.44. The lowest BCUT2D eigenvalue weighted by atomic mass is 9.73. The minimum Gasteiger partial charge on any atom is -1.00 e. The van der Waals surface area contributed by atoms with Gasteiger partial charge in [0.1, 0.15) is 19.6 Å². The van der Waals surface area contributed by atoms with E-state index >= 15 is 0 Å². The number of likely N-dealkylation sites (N-methyl/N-ethyl adjacent to an activating group) is 1. The number of nitrogens with zero attached hydrogens (tertiary/aromatic N) is 3. The standard InChI is InChI=1S/C29H43N5O2.HI/c1-4-32(5-2)29(35)30-21-15-23-22-7-6-8-25-28(22)24(16-27(23)33(18-21)17-20-9-10-20)26(31-25)19-34(3)11-13-36-14-12-34;/h6-8,20-21,23,27,31H,4-5,9-19H2,1-3H3;1H/t21?,23-,27-;/m1./s1. The molecule has 6 rings (SSSR count). The second-order valence-electron chi connectivity index (χ2n) is 12.0. The second-order valence-corrected chi connectivity index (χ2v) is 12.0. The molecular formula is C29H44IN5O2. The van der Waals surface area contributed by atoms with Crippen molar-refractivity contribution < 1.29 is 38.0 Å². The number of carbonyl (C=O) groups is 1. The van der Waals surface area contributed by atoms with Crippen LogP contribution in [0.2, 0.25) is 0 Å². The van der Waals surface area contributed by atoms with Gasteiger partial charge in [-0.1, -0.05) is 12.1 Å². The molecule has 204 valence electrons. The summed E-state index contributed by atoms with van der Waals surface area (Å²) in [5.74, 6) is 1.30. The number of halogens is 1. The molecule has 3 fully saturated rings. The predicted molar refractivity (Wildman–Crippen MR) is 143 cm³/mol. The maximum atomic E-state index is 13.0. The van der Waals surface area contributed by atoms with Crippen LogP contribution in [-0.4, -0.2) is 96.9 Å². The van der Waals surface area contributed by atoms with E-state index in [9.17, 15) is 4.79 Å². The third-order valence-corrected chi connectivity index (χ3v) is 9.45. The lowest BCUT2D eigenvalue weighted by Gasteiger charge is -2.48. The Balaban J connectivity index is 0.00000280. The maximum absolute atomic E-state index is 13.0. The molecule has 2 N–H and O–H groups in total. The molecule has 0 spiro atoms. The lowest BCUT2D eigenvalue weighted by molar-refractivity contribution is -0.929. The molecule has 3 atom stereocenters. The number of hydrogen-bond acceptors (Lipinski definition) is 3. The second kappa shape index (κ2) is 11.0. The number of benzene rings is 1. The van der Waals surface area contributed by atoms with Crippen LogP contribution >= 0.6 is 0 Å². The third kappa shape index (κ3) is 5.40. The van der Waals surface area contributed by atoms with Crippen LogP contribution in [0.5, 0.6) is 0 Å². The Bertz CT molecular complexity index is 1110. The number of H-pyrrole nitrogens is 1. The first-order chi connectivity index (χ1) is 17.5. The molecule has 3 heterocycles. The number of morpholine rings is 1. The summed E-state index contributed by atoms with van der Waals surface area (Å²) in [5, 5.41) is 4.89. The van der Waals surface area contributed by atoms with Crippen molar-refractivity contribution in [3.05, 3.63) is 35.0 Å². The van der Waals surface area contributed by atoms with Gasteiger partial charge in [0.2, 0.25) is 0 Å². The Labute approximate surface area is 238 Å². The first kappa shape index (κ1) is 27.2. The number of ether oxygens (including phenoxy) is 1. The summed E-state index contributed by atoms with van der Waals surface area (Å²) in [6, 6.07) is 7.68. The molecule has 4 aliphatic rings. The van der Waals surface area contributed by atoms with Crippen molar-refractivity contribution in [1.82, 2.24) is 20.1 Å². The van der Waals surface area contributed by atoms with Crippen molar-refractivity contribution in [3.63, 3.8) is 0 Å². The first-order valence-corrected chi connectivity index (χ1v) is 14.3. The number of rotatable bonds is 7. The highest BCUT2D eigenvalue weighted by molar-refractivity contribution is 5.89. The van der Waals surface area contributed by atoms with Gasteiger partial charge in [0.25, 0.3) is 0 Å². The molecule has 2 saturated heterocycles. The van der Waals surface area contributed by atoms with E-state index in [0.29, 0.717) is 12.0 Å². The fourth-order valence-corrected chi connectivity index (χ4v) is 7.14. The first-order valence-electron chi connectivity index (χ1n) is 14.3. The van der Waals surface area contributed by atoms with Gasteiger partial charge in [0, 0.05) is 55.1 Å². The quantitative estimate of drug-likeness (QED) is 0.354. The van der Waals surface area contributed by atoms with Gasteiger partial charge in [-0.3, -0.25) is 4.90 Å². The zero-order valence-electron chi connectivity index (χ0n) is 22.8. The number of quaternary nitrogens is 1. The molecule has 8 heteroatoms. The van der Waals surface area contributed by atoms with Crippen molar-refractivity contribution in [3.8, 4) is 0 Å². The number of hydrogen-bond donors (Lipinski definition) is 2. The minimum absolute atomic E-state index is 0. The summed E-state index contributed by atoms with van der Waals surface area (Å²) >= 11 is 0. The molecule has 1 unspecified atom stereocenters. The van der Waals surface area contributed by atoms with E-state index in [0.717, 1.165) is 75.7 Å². The number of urea groups is 1. The largest absolute Gasteiger partial charge is 1.00 e. The van der Waals surface area contributed by atoms with Crippen LogP contribution in [0.25, 0.3) is 10.9 Å². The fourth-order valence-electron chi connectivity index (χ4n) is 7.14. The van der Waals surface area contributed by atoms with Crippen molar-refractivity contribution in [2.75, 3.05) is 59.5 Å². The number of likely N-dealkylation sites (tertiary alicyclic amines) is 1. The van der Waals surface area contributed by atoms with Gasteiger partial charge < -0.3 is 48.4 Å². The maximum Gasteiger partial charge on any atom is 0.317 e. The number of aromatic nitrogens is 1. The van der Waals surface area contributed by atoms with Crippen molar-refractivity contribution >= 4 is 16.9 Å². The zero-order valence-corrected chi connectivity index (χ0v) is 24.9. The average molecular weight is 622 g/mol. The SMILES string of the molecule is CCN(CC)C(=O)NC1C[C@@H]2c3cccc4[nH]c(C[N+]5(C)CCOCC5)c(c34)C[C@H]2N(CC2CC2)C1.[I-]. The summed E-state index contributed by atoms with van der Waals surface area (Å²) in [4.78, 5) is 21.5. The van der Waals surface area contributed by atoms with E-state index in [-0.39, 0.29) is 36.0 Å². The molecule has 1 saturated carbocycles. The van der Waals surface area contributed by atoms with Crippen molar-refractivity contribution in [1.29, 1.82) is 0 Å². The van der Waals surface area contributed by atoms with E-state index in [1.165, 1.54) is 41.5 Å². The fraction of sp³-hybridized carbons (Fsp3) is 0.690. The number of nitrogens with one attached hydrogen (secondary N) is 2. The van der Waals surface area contributed by atoms with E-state index in [2.05, 4.69) is 54.3 Å². The molecule has 7 nitrogen and oxygen atoms in total. The van der Waals surface area contributed by atoms with Gasteiger partial charge in [-0.05, 0) is 62.6 Å². The summed E-state index contributed by atoms with van der Waals surface area (Å²) in [6.07, 6.45) is 4.87. The number of aromatic amines is 1. The number of amides is 2. The summed E-state index contributed by atoms with van der Waals surface area (Å²) in [6.45, 7) is 12.7. The Morgan fingerprint density at radius 3 is 2.68 bits per heavy atom. The van der Waals surface area contributed by atoms with Gasteiger partial charge >= 0.3 is 6.03 Å². The molecule has 37 heavy (non-hydrogen) atoms. The topological polar surface area (TPSA) is 60.6 Å². The van der Waals surface area contributed by atoms with Crippen LogP contribution in [0.3, 0.4) is 0 Å². The number of carbonyl (C=O) groups excluding carboxylic acids is 1. The Hall–Kier alpha value is -1.36. The molecule has 1 aromatic heterocycles. The Morgan fingerprint density at radius 2 is 1.97 bits per heavy atom. The van der Waals surface area contributed by atoms with E-state index in [1.807, 2.05) is 4.90 Å². The minimum atomic E-state index is 0. The molecular weight excluding hydrogens is 577 g/mol. The van der Waals surface area contributed by atoms with Crippen molar-refractivity contribution in [2.45, 2.75) is 64.1 Å². The molecule has 1 aromatic carbocycles. The van der Waals surface area contributed by atoms with Gasteiger partial charge in [0.15, 0.2) is 0 Å². The van der Waals surface area contributed by atoms with Gasteiger partial charge in [-0.2, -0.15) is 0 Å². The Kier molecular flexibility index (Phi) is 8.11. The number of fused-ring (bicyclic) bond motifs is 2. The monoisotopic (exact) mass is 621 g/mol. The molecule has 2 amide bonds. The summed E-state index contributed by atoms with van der Waals surface area (Å²) in [7, 11) is 2.39. The van der Waals surface area contributed by atoms with Gasteiger partial charge in [-0.25, -0.2) is 4.79 Å². The Morgan fingerprint density at radius 1 is 1.22 bits per heavy atom. The highest BCUT2D eigenvalue weighted by atomic mass is 127. The highest BCUT2D eigenvalue weighted by Crippen LogP contribution is 2.46. The molecule has 2 aromatic rings. The van der Waals surface area contributed by atoms with E-state index in [1.54, 1.807) is 5.56 Å². The van der Waals surface area contributed by atoms with E-state index in [4.69, 9.17) is 4.74 Å². The van der Waals surface area contributed by atoms with Crippen LogP contribution in [-0.2, 0) is 17.7 Å². The molecule has 0 bridgehead atoms. The predicted octanol–water partition coefficient (Wildman–Crippen LogP) is 0.693. The summed E-state index contributed by atoms with van der Waals surface area (Å²) < 4.78 is 6.73. The van der Waals surface area contributed by atoms with Gasteiger partial charge in [0.05, 0.1) is 26.0 Å². The van der Waals surface area contributed by atoms with Crippen LogP contribution in [0.15, 0.2) is 18.2 Å². The van der Waals surface area contributed by atoms with E-state index < -0.39 is 0 Å². The molecule has 2 aliphatic carbocycles. The van der Waals surface area contributed by atoms with Gasteiger partial charge in [-0.15, -0.1) is 0 Å². The average Bonchev–Trinajstić information content (AvgIpc) is 3.62. The van der Waals surface area contributed by atoms with Crippen LogP contribution in [0.4, 0.5) is 4.79 Å². The smallest absolute Gasteiger partial charge is 0.317 e. The van der Waals surface area contributed by atoms with Crippen LogP contribution < -0.4 is 29.3 Å². The molecule has 2 aliphatic heterocycles. The summed E-state index contributed by atoms with van der Waals surface area (Å²) in [5.41, 5.74) is 5.77. The number of piperidine rings is 1. The molecule has 0 radical (unpaired) electrons. The lowest BCUT2D eigenvalue weighted by Crippen LogP contribution is -3.00. The van der Waals surface area contributed by atoms with Crippen LogP contribution in [0, 0.1) is 5.92 Å². The zero-order chi connectivity index (χ0) is 24.9. The van der Waals surface area contributed by atoms with Crippen molar-refractivity contribution in [2.24, 2.45) is 5.92 Å². The van der Waals surface area contributed by atoms with Crippen LogP contribution in [0.1, 0.15) is 55.8 Å². The normalized spacial score (nSPS) is 26.8. The third-order valence-electron chi connectivity index (χ3n) is 9.45.